The predicted octanol–water partition coefficient (Wildman–Crippen LogP) is 4.19. The fraction of sp³-hybridized carbons (Fsp3) is 0.375. The minimum absolute atomic E-state index is 0.324. The second-order valence-corrected chi connectivity index (χ2v) is 9.33. The Morgan fingerprint density at radius 2 is 2.00 bits per heavy atom. The average Bonchev–Trinajstić information content (AvgIpc) is 2.65. The summed E-state index contributed by atoms with van der Waals surface area (Å²) in [5.41, 5.74) is 2.44. The van der Waals surface area contributed by atoms with Gasteiger partial charge < -0.3 is 9.16 Å². The summed E-state index contributed by atoms with van der Waals surface area (Å²) in [6, 6.07) is 8.17. The lowest BCUT2D eigenvalue weighted by Crippen LogP contribution is -2.28. The molecule has 1 aromatic carbocycles. The first-order chi connectivity index (χ1) is 8.97. The highest BCUT2D eigenvalue weighted by Gasteiger charge is 2.38. The molecule has 102 valence electrons. The lowest BCUT2D eigenvalue weighted by atomic mass is 10.0. The summed E-state index contributed by atoms with van der Waals surface area (Å²) < 4.78 is 11.3. The molecule has 1 saturated heterocycles. The van der Waals surface area contributed by atoms with Crippen LogP contribution in [-0.2, 0) is 4.43 Å². The number of allylic oxidation sites excluding steroid dienone is 2. The Morgan fingerprint density at radius 3 is 2.42 bits per heavy atom. The molecule has 0 aliphatic carbocycles. The fourth-order valence-corrected chi connectivity index (χ4v) is 5.67. The van der Waals surface area contributed by atoms with E-state index in [1.807, 2.05) is 18.2 Å². The van der Waals surface area contributed by atoms with Crippen molar-refractivity contribution < 1.29 is 9.16 Å². The zero-order chi connectivity index (χ0) is 14.0. The normalized spacial score (nSPS) is 24.1. The summed E-state index contributed by atoms with van der Waals surface area (Å²) in [7, 11) is -0.0593. The molecule has 1 fully saturated rings. The Kier molecular flexibility index (Phi) is 3.97. The van der Waals surface area contributed by atoms with E-state index in [4.69, 9.17) is 9.16 Å². The Morgan fingerprint density at radius 1 is 1.37 bits per heavy atom. The maximum absolute atomic E-state index is 6.12. The van der Waals surface area contributed by atoms with Crippen LogP contribution in [-0.4, -0.2) is 21.5 Å². The molecule has 1 aliphatic heterocycles. The molecular formula is C16H22O2Si. The zero-order valence-corrected chi connectivity index (χ0v) is 13.2. The second kappa shape index (κ2) is 5.35. The molecular weight excluding hydrogens is 252 g/mol. The van der Waals surface area contributed by atoms with Gasteiger partial charge in [0.2, 0.25) is 8.32 Å². The highest BCUT2D eigenvalue weighted by Crippen LogP contribution is 2.37. The molecule has 2 rings (SSSR count). The molecule has 19 heavy (non-hydrogen) atoms. The fourth-order valence-electron chi connectivity index (χ4n) is 2.77. The summed E-state index contributed by atoms with van der Waals surface area (Å²) >= 11 is 0. The van der Waals surface area contributed by atoms with Gasteiger partial charge in [0.1, 0.15) is 5.75 Å². The van der Waals surface area contributed by atoms with E-state index < -0.39 is 8.32 Å². The minimum Gasteiger partial charge on any atom is -0.497 e. The topological polar surface area (TPSA) is 18.5 Å². The lowest BCUT2D eigenvalue weighted by Gasteiger charge is -2.19. The van der Waals surface area contributed by atoms with Crippen molar-refractivity contribution in [3.63, 3.8) is 0 Å². The summed E-state index contributed by atoms with van der Waals surface area (Å²) in [5, 5.41) is 1.46. The van der Waals surface area contributed by atoms with Crippen LogP contribution < -0.4 is 4.74 Å². The highest BCUT2D eigenvalue weighted by molar-refractivity contribution is 6.80. The van der Waals surface area contributed by atoms with E-state index in [-0.39, 0.29) is 0 Å². The minimum atomic E-state index is -1.74. The van der Waals surface area contributed by atoms with Crippen molar-refractivity contribution >= 4 is 13.9 Å². The molecule has 0 amide bonds. The van der Waals surface area contributed by atoms with Gasteiger partial charge in [-0.05, 0) is 54.9 Å². The summed E-state index contributed by atoms with van der Waals surface area (Å²) in [6.45, 7) is 10.7. The van der Waals surface area contributed by atoms with Crippen LogP contribution in [0.3, 0.4) is 0 Å². The summed E-state index contributed by atoms with van der Waals surface area (Å²) in [5.74, 6) is 0.879. The van der Waals surface area contributed by atoms with Gasteiger partial charge in [0.25, 0.3) is 0 Å². The SMILES string of the molecule is C=C/C(=C1\CC(C)O[Si]1(C)C)c1ccc(OC)cc1. The van der Waals surface area contributed by atoms with Crippen LogP contribution in [0.5, 0.6) is 5.75 Å². The molecule has 1 aliphatic rings. The summed E-state index contributed by atoms with van der Waals surface area (Å²) in [4.78, 5) is 0. The first kappa shape index (κ1) is 14.1. The quantitative estimate of drug-likeness (QED) is 0.770. The van der Waals surface area contributed by atoms with Gasteiger partial charge in [-0.1, -0.05) is 24.8 Å². The van der Waals surface area contributed by atoms with E-state index >= 15 is 0 Å². The van der Waals surface area contributed by atoms with Crippen LogP contribution in [0.4, 0.5) is 0 Å². The third-order valence-electron chi connectivity index (χ3n) is 3.64. The van der Waals surface area contributed by atoms with E-state index in [0.29, 0.717) is 6.10 Å². The number of methoxy groups -OCH3 is 1. The van der Waals surface area contributed by atoms with Gasteiger partial charge in [-0.3, -0.25) is 0 Å². The van der Waals surface area contributed by atoms with Crippen molar-refractivity contribution in [2.45, 2.75) is 32.5 Å². The van der Waals surface area contributed by atoms with Crippen molar-refractivity contribution in [3.8, 4) is 5.75 Å². The van der Waals surface area contributed by atoms with Crippen LogP contribution in [0.25, 0.3) is 5.57 Å². The van der Waals surface area contributed by atoms with Crippen molar-refractivity contribution in [2.24, 2.45) is 0 Å². The summed E-state index contributed by atoms with van der Waals surface area (Å²) in [6.07, 6.45) is 3.31. The van der Waals surface area contributed by atoms with E-state index in [1.165, 1.54) is 16.3 Å². The van der Waals surface area contributed by atoms with Gasteiger partial charge in [0, 0.05) is 6.10 Å². The first-order valence-electron chi connectivity index (χ1n) is 6.66. The zero-order valence-electron chi connectivity index (χ0n) is 12.2. The van der Waals surface area contributed by atoms with Crippen molar-refractivity contribution in [1.82, 2.24) is 0 Å². The Bertz CT molecular complexity index is 500. The molecule has 0 spiro atoms. The van der Waals surface area contributed by atoms with Crippen LogP contribution >= 0.6 is 0 Å². The van der Waals surface area contributed by atoms with E-state index in [2.05, 4.69) is 38.7 Å². The molecule has 1 atom stereocenters. The van der Waals surface area contributed by atoms with Crippen molar-refractivity contribution in [2.75, 3.05) is 7.11 Å². The van der Waals surface area contributed by atoms with Gasteiger partial charge in [0.15, 0.2) is 0 Å². The van der Waals surface area contributed by atoms with E-state index in [0.717, 1.165) is 12.2 Å². The van der Waals surface area contributed by atoms with Crippen LogP contribution in [0.2, 0.25) is 13.1 Å². The largest absolute Gasteiger partial charge is 0.497 e. The first-order valence-corrected chi connectivity index (χ1v) is 9.57. The standard InChI is InChI=1S/C16H22O2Si/c1-6-15(13-7-9-14(17-3)10-8-13)16-11-12(2)18-19(16,4)5/h6-10,12H,1,11H2,2-5H3/b16-15-. The van der Waals surface area contributed by atoms with Crippen LogP contribution in [0.15, 0.2) is 42.1 Å². The maximum Gasteiger partial charge on any atom is 0.215 e. The Balaban J connectivity index is 2.46. The monoisotopic (exact) mass is 274 g/mol. The van der Waals surface area contributed by atoms with Gasteiger partial charge in [0.05, 0.1) is 7.11 Å². The van der Waals surface area contributed by atoms with Crippen molar-refractivity contribution in [3.05, 3.63) is 47.7 Å². The van der Waals surface area contributed by atoms with Gasteiger partial charge >= 0.3 is 0 Å². The lowest BCUT2D eigenvalue weighted by molar-refractivity contribution is 0.246. The molecule has 0 saturated carbocycles. The molecule has 1 heterocycles. The third kappa shape index (κ3) is 2.82. The second-order valence-electron chi connectivity index (χ2n) is 5.47. The molecule has 1 aromatic rings. The molecule has 0 radical (unpaired) electrons. The highest BCUT2D eigenvalue weighted by atomic mass is 28.4. The number of hydrogen-bond donors (Lipinski definition) is 0. The van der Waals surface area contributed by atoms with Gasteiger partial charge in [-0.15, -0.1) is 0 Å². The predicted molar refractivity (Wildman–Crippen MR) is 82.8 cm³/mol. The van der Waals surface area contributed by atoms with Crippen molar-refractivity contribution in [1.29, 1.82) is 0 Å². The molecule has 1 unspecified atom stereocenters. The Hall–Kier alpha value is -1.32. The van der Waals surface area contributed by atoms with E-state index in [9.17, 15) is 0 Å². The third-order valence-corrected chi connectivity index (χ3v) is 6.56. The van der Waals surface area contributed by atoms with Crippen LogP contribution in [0, 0.1) is 0 Å². The molecule has 2 nitrogen and oxygen atoms in total. The maximum atomic E-state index is 6.12. The van der Waals surface area contributed by atoms with E-state index in [1.54, 1.807) is 7.11 Å². The average molecular weight is 274 g/mol. The Labute approximate surface area is 116 Å². The molecule has 0 aromatic heterocycles. The number of benzene rings is 1. The number of hydrogen-bond acceptors (Lipinski definition) is 2. The molecule has 0 N–H and O–H groups in total. The smallest absolute Gasteiger partial charge is 0.215 e. The van der Waals surface area contributed by atoms with Gasteiger partial charge in [-0.25, -0.2) is 0 Å². The number of ether oxygens (including phenoxy) is 1. The molecule has 3 heteroatoms. The number of rotatable bonds is 3. The molecule has 0 bridgehead atoms. The van der Waals surface area contributed by atoms with Crippen LogP contribution in [0.1, 0.15) is 18.9 Å². The van der Waals surface area contributed by atoms with Gasteiger partial charge in [-0.2, -0.15) is 0 Å².